The molecule has 7 aromatic rings. The van der Waals surface area contributed by atoms with Crippen molar-refractivity contribution in [3.05, 3.63) is 59.0 Å². The Balaban J connectivity index is 1.31. The van der Waals surface area contributed by atoms with Gasteiger partial charge in [0.1, 0.15) is 0 Å². The van der Waals surface area contributed by atoms with Crippen molar-refractivity contribution < 1.29 is 19.1 Å². The van der Waals surface area contributed by atoms with E-state index in [1.807, 2.05) is 6.07 Å². The molecule has 0 bridgehead atoms. The van der Waals surface area contributed by atoms with E-state index < -0.39 is 0 Å². The molecule has 4 aromatic carbocycles. The van der Waals surface area contributed by atoms with Crippen molar-refractivity contribution in [2.24, 2.45) is 0 Å². The maximum atomic E-state index is 13.8. The smallest absolute Gasteiger partial charge is 0.262 e. The Morgan fingerprint density at radius 2 is 1.12 bits per heavy atom. The van der Waals surface area contributed by atoms with Crippen LogP contribution in [0.3, 0.4) is 0 Å². The summed E-state index contributed by atoms with van der Waals surface area (Å²) in [5, 5.41) is 10.1. The zero-order chi connectivity index (χ0) is 35.1. The fourth-order valence-electron chi connectivity index (χ4n) is 7.83. The molecule has 4 heterocycles. The number of amides is 2. The molecule has 0 atom stereocenters. The van der Waals surface area contributed by atoms with Crippen LogP contribution in [0.1, 0.15) is 112 Å². The van der Waals surface area contributed by atoms with Gasteiger partial charge >= 0.3 is 0 Å². The molecule has 1 aliphatic heterocycles. The van der Waals surface area contributed by atoms with Gasteiger partial charge in [-0.1, -0.05) is 96.3 Å². The van der Waals surface area contributed by atoms with Gasteiger partial charge in [0.15, 0.2) is 11.5 Å². The largest absolute Gasteiger partial charge is 0.490 e. The van der Waals surface area contributed by atoms with Crippen LogP contribution in [-0.2, 0) is 0 Å². The molecule has 264 valence electrons. The van der Waals surface area contributed by atoms with Crippen LogP contribution in [0.2, 0.25) is 0 Å². The molecule has 0 spiro atoms. The first kappa shape index (κ1) is 34.4. The van der Waals surface area contributed by atoms with Gasteiger partial charge in [0.25, 0.3) is 11.8 Å². The van der Waals surface area contributed by atoms with Crippen LogP contribution in [0.5, 0.6) is 11.5 Å². The standard InChI is InChI=1S/C43H45NO4S3/c1-4-6-8-10-12-16-21-47-30-24-28-29(25-31(30)48-22-17-13-11-9-7-5-2)39-34(27-20-23-49-38(27)28)35-33-26-18-14-15-19-32(26)50-40(33)36-37(41(35)51-39)43(46)44(3)42(36)45/h14-15,18-20,23-25H,4-13,16-17,21-22H2,1-3H3. The van der Waals surface area contributed by atoms with E-state index in [1.54, 1.807) is 41.1 Å². The number of hydrogen-bond donors (Lipinski definition) is 0. The second kappa shape index (κ2) is 14.7. The highest BCUT2D eigenvalue weighted by Crippen LogP contribution is 2.54. The zero-order valence-electron chi connectivity index (χ0n) is 29.8. The normalized spacial score (nSPS) is 13.4. The Morgan fingerprint density at radius 3 is 1.76 bits per heavy atom. The number of thiophene rings is 3. The number of fused-ring (bicyclic) bond motifs is 15. The molecule has 0 fully saturated rings. The average molecular weight is 736 g/mol. The predicted molar refractivity (Wildman–Crippen MR) is 219 cm³/mol. The topological polar surface area (TPSA) is 55.8 Å². The second-order valence-electron chi connectivity index (χ2n) is 14.0. The van der Waals surface area contributed by atoms with Gasteiger partial charge in [0, 0.05) is 68.3 Å². The Hall–Kier alpha value is -3.72. The molecule has 1 aliphatic rings. The van der Waals surface area contributed by atoms with Gasteiger partial charge in [0.05, 0.1) is 24.3 Å². The molecular formula is C43H45NO4S3. The van der Waals surface area contributed by atoms with E-state index in [-0.39, 0.29) is 11.8 Å². The van der Waals surface area contributed by atoms with Crippen LogP contribution < -0.4 is 9.47 Å². The molecule has 0 unspecified atom stereocenters. The van der Waals surface area contributed by atoms with Gasteiger partial charge in [-0.25, -0.2) is 0 Å². The van der Waals surface area contributed by atoms with Crippen molar-refractivity contribution in [3.63, 3.8) is 0 Å². The first-order valence-electron chi connectivity index (χ1n) is 18.8. The summed E-state index contributed by atoms with van der Waals surface area (Å²) in [4.78, 5) is 28.8. The summed E-state index contributed by atoms with van der Waals surface area (Å²) in [6, 6.07) is 15.0. The van der Waals surface area contributed by atoms with Crippen molar-refractivity contribution >= 4 is 107 Å². The van der Waals surface area contributed by atoms with E-state index in [2.05, 4.69) is 55.6 Å². The number of hydrogen-bond acceptors (Lipinski definition) is 7. The second-order valence-corrected chi connectivity index (χ2v) is 17.0. The minimum Gasteiger partial charge on any atom is -0.490 e. The third-order valence-corrected chi connectivity index (χ3v) is 13.9. The van der Waals surface area contributed by atoms with Crippen molar-refractivity contribution in [1.82, 2.24) is 4.90 Å². The van der Waals surface area contributed by atoms with E-state index >= 15 is 0 Å². The number of rotatable bonds is 16. The van der Waals surface area contributed by atoms with Gasteiger partial charge in [-0.2, -0.15) is 0 Å². The van der Waals surface area contributed by atoms with Crippen LogP contribution in [-0.4, -0.2) is 37.0 Å². The van der Waals surface area contributed by atoms with Crippen LogP contribution >= 0.6 is 34.0 Å². The van der Waals surface area contributed by atoms with Crippen molar-refractivity contribution in [3.8, 4) is 11.5 Å². The molecule has 51 heavy (non-hydrogen) atoms. The predicted octanol–water partition coefficient (Wildman–Crippen LogP) is 13.5. The molecule has 0 saturated carbocycles. The quantitative estimate of drug-likeness (QED) is 0.0732. The third-order valence-electron chi connectivity index (χ3n) is 10.5. The molecule has 5 nitrogen and oxygen atoms in total. The van der Waals surface area contributed by atoms with E-state index in [0.717, 1.165) is 81.9 Å². The molecule has 0 saturated heterocycles. The Bertz CT molecular complexity index is 2430. The third kappa shape index (κ3) is 5.97. The molecule has 0 N–H and O–H groups in total. The fraction of sp³-hybridized carbons (Fsp3) is 0.395. The molecule has 8 heteroatoms. The summed E-state index contributed by atoms with van der Waals surface area (Å²) in [5.41, 5.74) is 1.10. The Morgan fingerprint density at radius 1 is 0.569 bits per heavy atom. The highest BCUT2D eigenvalue weighted by Gasteiger charge is 2.39. The van der Waals surface area contributed by atoms with E-state index in [9.17, 15) is 9.59 Å². The Kier molecular flexibility index (Phi) is 9.92. The minimum atomic E-state index is -0.217. The molecule has 0 aliphatic carbocycles. The number of imide groups is 1. The van der Waals surface area contributed by atoms with Gasteiger partial charge in [-0.05, 0) is 42.5 Å². The van der Waals surface area contributed by atoms with Crippen LogP contribution in [0.4, 0.5) is 0 Å². The maximum Gasteiger partial charge on any atom is 0.262 e. The molecule has 2 amide bonds. The SMILES string of the molecule is CCCCCCCCOc1cc2c(cc1OCCCCCCCC)c1sc3c4c(c5sc6ccccc6c5c3c1c1ccsc21)C(=O)N(C)C4=O. The summed E-state index contributed by atoms with van der Waals surface area (Å²) in [6.45, 7) is 5.83. The van der Waals surface area contributed by atoms with Gasteiger partial charge in [-0.15, -0.1) is 34.0 Å². The van der Waals surface area contributed by atoms with Gasteiger partial charge in [0.2, 0.25) is 0 Å². The van der Waals surface area contributed by atoms with E-state index in [1.165, 1.54) is 72.8 Å². The number of carbonyl (C=O) groups excluding carboxylic acids is 2. The van der Waals surface area contributed by atoms with E-state index in [4.69, 9.17) is 9.47 Å². The number of benzene rings is 4. The van der Waals surface area contributed by atoms with Crippen LogP contribution in [0.15, 0.2) is 47.8 Å². The van der Waals surface area contributed by atoms with Crippen molar-refractivity contribution in [2.75, 3.05) is 20.3 Å². The van der Waals surface area contributed by atoms with Crippen molar-refractivity contribution in [2.45, 2.75) is 90.9 Å². The van der Waals surface area contributed by atoms with Crippen LogP contribution in [0.25, 0.3) is 61.2 Å². The average Bonchev–Trinajstić information content (AvgIpc) is 3.92. The summed E-state index contributed by atoms with van der Waals surface area (Å²) in [6.07, 6.45) is 14.5. The molecule has 0 radical (unpaired) electrons. The fourth-order valence-corrected chi connectivity index (χ4v) is 11.4. The summed E-state index contributed by atoms with van der Waals surface area (Å²) >= 11 is 5.02. The lowest BCUT2D eigenvalue weighted by Crippen LogP contribution is -2.24. The molecule has 3 aromatic heterocycles. The molecular weight excluding hydrogens is 691 g/mol. The number of carbonyl (C=O) groups is 2. The maximum absolute atomic E-state index is 13.8. The number of ether oxygens (including phenoxy) is 2. The Labute approximate surface area is 311 Å². The summed E-state index contributed by atoms with van der Waals surface area (Å²) in [5.74, 6) is 1.17. The summed E-state index contributed by atoms with van der Waals surface area (Å²) in [7, 11) is 1.61. The minimum absolute atomic E-state index is 0.214. The number of unbranched alkanes of at least 4 members (excludes halogenated alkanes) is 10. The van der Waals surface area contributed by atoms with Gasteiger partial charge in [-0.3, -0.25) is 14.5 Å². The lowest BCUT2D eigenvalue weighted by atomic mass is 9.96. The highest BCUT2D eigenvalue weighted by molar-refractivity contribution is 7.29. The monoisotopic (exact) mass is 735 g/mol. The van der Waals surface area contributed by atoms with Gasteiger partial charge < -0.3 is 9.47 Å². The number of nitrogens with zero attached hydrogens (tertiary/aromatic N) is 1. The first-order valence-corrected chi connectivity index (χ1v) is 21.3. The van der Waals surface area contributed by atoms with E-state index in [0.29, 0.717) is 24.3 Å². The lowest BCUT2D eigenvalue weighted by Gasteiger charge is -2.15. The van der Waals surface area contributed by atoms with Crippen molar-refractivity contribution in [1.29, 1.82) is 0 Å². The van der Waals surface area contributed by atoms with Crippen LogP contribution in [0, 0.1) is 0 Å². The lowest BCUT2D eigenvalue weighted by molar-refractivity contribution is 0.0694. The zero-order valence-corrected chi connectivity index (χ0v) is 32.3. The molecule has 8 rings (SSSR count). The highest BCUT2D eigenvalue weighted by atomic mass is 32.1. The summed E-state index contributed by atoms with van der Waals surface area (Å²) < 4.78 is 18.4. The first-order chi connectivity index (χ1) is 25.0.